The minimum Gasteiger partial charge on any atom is -0.481 e. The van der Waals surface area contributed by atoms with Crippen LogP contribution >= 0.6 is 12.4 Å². The number of aliphatic carboxylic acids is 1. The third kappa shape index (κ3) is 2.92. The van der Waals surface area contributed by atoms with Crippen molar-refractivity contribution in [3.63, 3.8) is 0 Å². The summed E-state index contributed by atoms with van der Waals surface area (Å²) in [5, 5.41) is 8.86. The van der Waals surface area contributed by atoms with Gasteiger partial charge in [0, 0.05) is 5.69 Å². The lowest BCUT2D eigenvalue weighted by atomic mass is 9.97. The molecule has 3 nitrogen and oxygen atoms in total. The van der Waals surface area contributed by atoms with Crippen LogP contribution < -0.4 is 5.73 Å². The fourth-order valence-corrected chi connectivity index (χ4v) is 1.28. The van der Waals surface area contributed by atoms with Crippen LogP contribution in [0.15, 0.2) is 24.3 Å². The Bertz CT molecular complexity index is 297. The number of benzene rings is 1. The molecule has 0 saturated carbocycles. The molecule has 0 aromatic heterocycles. The van der Waals surface area contributed by atoms with Gasteiger partial charge >= 0.3 is 5.97 Å². The predicted molar refractivity (Wildman–Crippen MR) is 58.8 cm³/mol. The fourth-order valence-electron chi connectivity index (χ4n) is 1.28. The molecular formula is C10H14ClNO2. The highest BCUT2D eigenvalue weighted by molar-refractivity contribution is 5.85. The van der Waals surface area contributed by atoms with Crippen LogP contribution in [0.2, 0.25) is 0 Å². The van der Waals surface area contributed by atoms with Gasteiger partial charge in [-0.1, -0.05) is 19.1 Å². The molecular weight excluding hydrogens is 202 g/mol. The molecule has 0 aliphatic carbocycles. The topological polar surface area (TPSA) is 63.3 Å². The number of anilines is 1. The first-order valence-corrected chi connectivity index (χ1v) is 4.23. The van der Waals surface area contributed by atoms with E-state index in [9.17, 15) is 4.79 Å². The van der Waals surface area contributed by atoms with Crippen molar-refractivity contribution in [3.05, 3.63) is 29.8 Å². The first kappa shape index (κ1) is 12.8. The first-order valence-electron chi connectivity index (χ1n) is 4.23. The minimum absolute atomic E-state index is 0. The summed E-state index contributed by atoms with van der Waals surface area (Å²) in [6.07, 6.45) is 0.596. The molecule has 1 atom stereocenters. The predicted octanol–water partition coefficient (Wildman–Crippen LogP) is 2.27. The van der Waals surface area contributed by atoms with Gasteiger partial charge in [-0.25, -0.2) is 0 Å². The number of nitrogens with two attached hydrogens (primary N) is 1. The van der Waals surface area contributed by atoms with E-state index in [0.717, 1.165) is 5.56 Å². The van der Waals surface area contributed by atoms with Crippen molar-refractivity contribution in [2.24, 2.45) is 0 Å². The Hall–Kier alpha value is -1.22. The van der Waals surface area contributed by atoms with E-state index in [2.05, 4.69) is 0 Å². The van der Waals surface area contributed by atoms with Crippen LogP contribution in [-0.4, -0.2) is 11.1 Å². The van der Waals surface area contributed by atoms with Gasteiger partial charge < -0.3 is 10.8 Å². The number of nitrogen functional groups attached to an aromatic ring is 1. The van der Waals surface area contributed by atoms with Crippen molar-refractivity contribution in [2.45, 2.75) is 19.3 Å². The van der Waals surface area contributed by atoms with E-state index in [1.54, 1.807) is 24.3 Å². The molecule has 1 aromatic carbocycles. The lowest BCUT2D eigenvalue weighted by molar-refractivity contribution is -0.138. The average Bonchev–Trinajstić information content (AvgIpc) is 2.09. The van der Waals surface area contributed by atoms with Gasteiger partial charge in [0.2, 0.25) is 0 Å². The van der Waals surface area contributed by atoms with E-state index in [4.69, 9.17) is 10.8 Å². The van der Waals surface area contributed by atoms with Gasteiger partial charge in [0.1, 0.15) is 0 Å². The van der Waals surface area contributed by atoms with Crippen LogP contribution in [0.25, 0.3) is 0 Å². The van der Waals surface area contributed by atoms with E-state index >= 15 is 0 Å². The summed E-state index contributed by atoms with van der Waals surface area (Å²) in [5.74, 6) is -1.20. The number of carboxylic acids is 1. The summed E-state index contributed by atoms with van der Waals surface area (Å²) in [6.45, 7) is 1.86. The zero-order chi connectivity index (χ0) is 9.84. The summed E-state index contributed by atoms with van der Waals surface area (Å²) in [5.41, 5.74) is 6.96. The maximum absolute atomic E-state index is 10.8. The van der Waals surface area contributed by atoms with Crippen LogP contribution in [-0.2, 0) is 4.79 Å². The smallest absolute Gasteiger partial charge is 0.310 e. The Kier molecular flexibility index (Phi) is 5.02. The molecule has 1 aromatic rings. The number of hydrogen-bond donors (Lipinski definition) is 2. The number of halogens is 1. The molecule has 4 heteroatoms. The third-order valence-electron chi connectivity index (χ3n) is 2.05. The van der Waals surface area contributed by atoms with Crippen molar-refractivity contribution in [2.75, 3.05) is 5.73 Å². The molecule has 78 valence electrons. The highest BCUT2D eigenvalue weighted by atomic mass is 35.5. The van der Waals surface area contributed by atoms with Crippen molar-refractivity contribution >= 4 is 24.1 Å². The zero-order valence-electron chi connectivity index (χ0n) is 7.93. The molecule has 0 amide bonds. The van der Waals surface area contributed by atoms with Gasteiger partial charge in [-0.05, 0) is 24.1 Å². The quantitative estimate of drug-likeness (QED) is 0.761. The number of carboxylic acid groups (broad SMARTS) is 1. The van der Waals surface area contributed by atoms with Crippen LogP contribution in [0, 0.1) is 0 Å². The monoisotopic (exact) mass is 215 g/mol. The molecule has 14 heavy (non-hydrogen) atoms. The fraction of sp³-hybridized carbons (Fsp3) is 0.300. The standard InChI is InChI=1S/C10H13NO2.ClH/c1-2-9(10(12)13)7-3-5-8(11)6-4-7;/h3-6,9H,2,11H2,1H3,(H,12,13);1H. The first-order chi connectivity index (χ1) is 6.15. The second kappa shape index (κ2) is 5.50. The van der Waals surface area contributed by atoms with Gasteiger partial charge in [0.25, 0.3) is 0 Å². The van der Waals surface area contributed by atoms with Crippen molar-refractivity contribution < 1.29 is 9.90 Å². The highest BCUT2D eigenvalue weighted by Crippen LogP contribution is 2.20. The van der Waals surface area contributed by atoms with Crippen LogP contribution in [0.1, 0.15) is 24.8 Å². The summed E-state index contributed by atoms with van der Waals surface area (Å²) in [4.78, 5) is 10.8. The van der Waals surface area contributed by atoms with Gasteiger partial charge in [0.15, 0.2) is 0 Å². The number of hydrogen-bond acceptors (Lipinski definition) is 2. The Morgan fingerprint density at radius 2 is 1.93 bits per heavy atom. The summed E-state index contributed by atoms with van der Waals surface area (Å²) < 4.78 is 0. The molecule has 0 saturated heterocycles. The molecule has 3 N–H and O–H groups in total. The van der Waals surface area contributed by atoms with Crippen LogP contribution in [0.4, 0.5) is 5.69 Å². The summed E-state index contributed by atoms with van der Waals surface area (Å²) in [7, 11) is 0. The number of carbonyl (C=O) groups is 1. The second-order valence-corrected chi connectivity index (χ2v) is 2.97. The Morgan fingerprint density at radius 3 is 2.29 bits per heavy atom. The van der Waals surface area contributed by atoms with Gasteiger partial charge in [-0.3, -0.25) is 4.79 Å². The zero-order valence-corrected chi connectivity index (χ0v) is 8.75. The molecule has 0 radical (unpaired) electrons. The molecule has 0 spiro atoms. The molecule has 0 bridgehead atoms. The molecule has 0 aliphatic rings. The van der Waals surface area contributed by atoms with Gasteiger partial charge in [0.05, 0.1) is 5.92 Å². The van der Waals surface area contributed by atoms with Crippen LogP contribution in [0.3, 0.4) is 0 Å². The van der Waals surface area contributed by atoms with Gasteiger partial charge in [-0.15, -0.1) is 12.4 Å². The minimum atomic E-state index is -0.785. The third-order valence-corrected chi connectivity index (χ3v) is 2.05. The Balaban J connectivity index is 0.00000169. The van der Waals surface area contributed by atoms with E-state index in [1.165, 1.54) is 0 Å². The average molecular weight is 216 g/mol. The van der Waals surface area contributed by atoms with E-state index in [0.29, 0.717) is 12.1 Å². The van der Waals surface area contributed by atoms with Crippen molar-refractivity contribution in [1.82, 2.24) is 0 Å². The van der Waals surface area contributed by atoms with E-state index < -0.39 is 11.9 Å². The van der Waals surface area contributed by atoms with E-state index in [1.807, 2.05) is 6.92 Å². The number of rotatable bonds is 3. The lowest BCUT2D eigenvalue weighted by Crippen LogP contribution is -2.10. The summed E-state index contributed by atoms with van der Waals surface area (Å²) >= 11 is 0. The van der Waals surface area contributed by atoms with Crippen LogP contribution in [0.5, 0.6) is 0 Å². The molecule has 0 aliphatic heterocycles. The SMILES string of the molecule is CCC(C(=O)O)c1ccc(N)cc1.Cl. The highest BCUT2D eigenvalue weighted by Gasteiger charge is 2.16. The Morgan fingerprint density at radius 1 is 1.43 bits per heavy atom. The maximum atomic E-state index is 10.8. The van der Waals surface area contributed by atoms with Gasteiger partial charge in [-0.2, -0.15) is 0 Å². The van der Waals surface area contributed by atoms with E-state index in [-0.39, 0.29) is 12.4 Å². The van der Waals surface area contributed by atoms with Crippen molar-refractivity contribution in [3.8, 4) is 0 Å². The molecule has 0 fully saturated rings. The summed E-state index contributed by atoms with van der Waals surface area (Å²) in [6, 6.07) is 6.97. The lowest BCUT2D eigenvalue weighted by Gasteiger charge is -2.09. The normalized spacial score (nSPS) is 11.5. The molecule has 1 unspecified atom stereocenters. The second-order valence-electron chi connectivity index (χ2n) is 2.97. The Labute approximate surface area is 89.3 Å². The van der Waals surface area contributed by atoms with Crippen molar-refractivity contribution in [1.29, 1.82) is 0 Å². The largest absolute Gasteiger partial charge is 0.481 e. The molecule has 0 heterocycles. The maximum Gasteiger partial charge on any atom is 0.310 e. The molecule has 1 rings (SSSR count).